The predicted octanol–water partition coefficient (Wildman–Crippen LogP) is 0.901. The second-order valence-electron chi connectivity index (χ2n) is 6.74. The number of nitrogens with one attached hydrogen (secondary N) is 2. The van der Waals surface area contributed by atoms with E-state index < -0.39 is 0 Å². The summed E-state index contributed by atoms with van der Waals surface area (Å²) in [7, 11) is 5.74. The van der Waals surface area contributed by atoms with Gasteiger partial charge in [-0.15, -0.1) is 0 Å². The third-order valence-electron chi connectivity index (χ3n) is 4.63. The molecule has 0 spiro atoms. The van der Waals surface area contributed by atoms with Gasteiger partial charge in [-0.25, -0.2) is 4.98 Å². The van der Waals surface area contributed by atoms with Crippen molar-refractivity contribution in [3.8, 4) is 0 Å². The van der Waals surface area contributed by atoms with Gasteiger partial charge < -0.3 is 20.3 Å². The standard InChI is InChI=1S/C18H29N7O/c1-13-14(12-25(3)23-13)11-24(2)17-15-5-7-19-8-6-16(15)21-18(22-17)20-9-10-26-4/h12,19H,5-11H2,1-4H3,(H,20,21,22). The topological polar surface area (TPSA) is 80.1 Å². The van der Waals surface area contributed by atoms with Crippen molar-refractivity contribution in [1.82, 2.24) is 25.1 Å². The number of ether oxygens (including phenoxy) is 1. The summed E-state index contributed by atoms with van der Waals surface area (Å²) in [6, 6.07) is 0. The van der Waals surface area contributed by atoms with Gasteiger partial charge in [-0.1, -0.05) is 0 Å². The minimum absolute atomic E-state index is 0.627. The zero-order valence-corrected chi connectivity index (χ0v) is 16.2. The van der Waals surface area contributed by atoms with E-state index in [4.69, 9.17) is 14.7 Å². The molecule has 8 nitrogen and oxygen atoms in total. The van der Waals surface area contributed by atoms with E-state index in [-0.39, 0.29) is 0 Å². The van der Waals surface area contributed by atoms with Crippen LogP contribution in [-0.2, 0) is 31.2 Å². The van der Waals surface area contributed by atoms with Crippen molar-refractivity contribution in [1.29, 1.82) is 0 Å². The number of aromatic nitrogens is 4. The van der Waals surface area contributed by atoms with Crippen LogP contribution in [0.25, 0.3) is 0 Å². The minimum Gasteiger partial charge on any atom is -0.383 e. The summed E-state index contributed by atoms with van der Waals surface area (Å²) in [5.41, 5.74) is 4.65. The summed E-state index contributed by atoms with van der Waals surface area (Å²) >= 11 is 0. The maximum absolute atomic E-state index is 5.12. The molecular formula is C18H29N7O. The fourth-order valence-corrected chi connectivity index (χ4v) is 3.32. The molecule has 0 saturated heterocycles. The first kappa shape index (κ1) is 18.6. The molecule has 1 aliphatic rings. The van der Waals surface area contributed by atoms with E-state index in [1.807, 2.05) is 18.7 Å². The van der Waals surface area contributed by atoms with E-state index in [1.165, 1.54) is 11.1 Å². The molecule has 142 valence electrons. The second kappa shape index (κ2) is 8.46. The Morgan fingerprint density at radius 1 is 1.31 bits per heavy atom. The maximum Gasteiger partial charge on any atom is 0.224 e. The van der Waals surface area contributed by atoms with Crippen molar-refractivity contribution in [3.63, 3.8) is 0 Å². The summed E-state index contributed by atoms with van der Waals surface area (Å²) in [6.07, 6.45) is 3.94. The number of anilines is 2. The van der Waals surface area contributed by atoms with Crippen LogP contribution in [0.4, 0.5) is 11.8 Å². The number of nitrogens with zero attached hydrogens (tertiary/aromatic N) is 5. The number of hydrogen-bond donors (Lipinski definition) is 2. The van der Waals surface area contributed by atoms with Gasteiger partial charge in [0.25, 0.3) is 0 Å². The van der Waals surface area contributed by atoms with E-state index in [1.54, 1.807) is 7.11 Å². The van der Waals surface area contributed by atoms with Crippen LogP contribution in [-0.4, -0.2) is 60.1 Å². The van der Waals surface area contributed by atoms with E-state index in [0.717, 1.165) is 49.7 Å². The van der Waals surface area contributed by atoms with Crippen molar-refractivity contribution in [3.05, 3.63) is 28.7 Å². The van der Waals surface area contributed by atoms with Crippen LogP contribution < -0.4 is 15.5 Å². The lowest BCUT2D eigenvalue weighted by molar-refractivity contribution is 0.210. The normalized spacial score (nSPS) is 14.0. The Hall–Kier alpha value is -2.19. The lowest BCUT2D eigenvalue weighted by Gasteiger charge is -2.23. The van der Waals surface area contributed by atoms with Gasteiger partial charge in [0.05, 0.1) is 18.0 Å². The van der Waals surface area contributed by atoms with E-state index in [9.17, 15) is 0 Å². The summed E-state index contributed by atoms with van der Waals surface area (Å²) in [6.45, 7) is 6.05. The van der Waals surface area contributed by atoms with Gasteiger partial charge in [0, 0.05) is 64.6 Å². The smallest absolute Gasteiger partial charge is 0.224 e. The Morgan fingerprint density at radius 2 is 2.12 bits per heavy atom. The first-order valence-electron chi connectivity index (χ1n) is 9.12. The molecule has 1 aliphatic heterocycles. The van der Waals surface area contributed by atoms with Crippen LogP contribution in [0, 0.1) is 6.92 Å². The molecule has 0 amide bonds. The molecule has 0 aromatic carbocycles. The van der Waals surface area contributed by atoms with Crippen LogP contribution >= 0.6 is 0 Å². The Kier molecular flexibility index (Phi) is 6.05. The van der Waals surface area contributed by atoms with Gasteiger partial charge in [0.1, 0.15) is 5.82 Å². The van der Waals surface area contributed by atoms with Crippen molar-refractivity contribution >= 4 is 11.8 Å². The highest BCUT2D eigenvalue weighted by Gasteiger charge is 2.20. The minimum atomic E-state index is 0.627. The number of rotatable bonds is 7. The predicted molar refractivity (Wildman–Crippen MR) is 103 cm³/mol. The number of aryl methyl sites for hydroxylation is 2. The van der Waals surface area contributed by atoms with Crippen LogP contribution in [0.5, 0.6) is 0 Å². The molecule has 0 aliphatic carbocycles. The monoisotopic (exact) mass is 359 g/mol. The molecule has 0 unspecified atom stereocenters. The molecule has 8 heteroatoms. The van der Waals surface area contributed by atoms with E-state index >= 15 is 0 Å². The molecule has 2 aromatic heterocycles. The highest BCUT2D eigenvalue weighted by Crippen LogP contribution is 2.25. The van der Waals surface area contributed by atoms with Gasteiger partial charge in [-0.3, -0.25) is 4.68 Å². The largest absolute Gasteiger partial charge is 0.383 e. The average molecular weight is 359 g/mol. The van der Waals surface area contributed by atoms with Gasteiger partial charge in [-0.2, -0.15) is 10.1 Å². The van der Waals surface area contributed by atoms with Crippen LogP contribution in [0.3, 0.4) is 0 Å². The van der Waals surface area contributed by atoms with E-state index in [2.05, 4.69) is 33.9 Å². The Labute approximate surface area is 155 Å². The fourth-order valence-electron chi connectivity index (χ4n) is 3.32. The van der Waals surface area contributed by atoms with Gasteiger partial charge >= 0.3 is 0 Å². The maximum atomic E-state index is 5.12. The van der Waals surface area contributed by atoms with Crippen molar-refractivity contribution in [2.45, 2.75) is 26.3 Å². The molecule has 0 atom stereocenters. The van der Waals surface area contributed by atoms with Gasteiger partial charge in [0.2, 0.25) is 5.95 Å². The third-order valence-corrected chi connectivity index (χ3v) is 4.63. The highest BCUT2D eigenvalue weighted by molar-refractivity contribution is 5.53. The Bertz CT molecular complexity index is 743. The van der Waals surface area contributed by atoms with Gasteiger partial charge in [-0.05, 0) is 19.9 Å². The van der Waals surface area contributed by atoms with E-state index in [0.29, 0.717) is 19.1 Å². The van der Waals surface area contributed by atoms with Gasteiger partial charge in [0.15, 0.2) is 0 Å². The van der Waals surface area contributed by atoms with Crippen molar-refractivity contribution < 1.29 is 4.74 Å². The summed E-state index contributed by atoms with van der Waals surface area (Å²) in [4.78, 5) is 11.8. The van der Waals surface area contributed by atoms with Crippen LogP contribution in [0.2, 0.25) is 0 Å². The molecule has 3 heterocycles. The second-order valence-corrected chi connectivity index (χ2v) is 6.74. The SMILES string of the molecule is COCCNc1nc2c(c(N(C)Cc3cn(C)nc3C)n1)CCNCC2. The van der Waals surface area contributed by atoms with Crippen molar-refractivity contribution in [2.24, 2.45) is 7.05 Å². The number of fused-ring (bicyclic) bond motifs is 1. The third kappa shape index (κ3) is 4.31. The first-order chi connectivity index (χ1) is 12.6. The number of hydrogen-bond acceptors (Lipinski definition) is 7. The molecular weight excluding hydrogens is 330 g/mol. The molecule has 0 bridgehead atoms. The molecule has 0 radical (unpaired) electrons. The summed E-state index contributed by atoms with van der Waals surface area (Å²) in [5.74, 6) is 1.68. The zero-order valence-electron chi connectivity index (χ0n) is 16.2. The lowest BCUT2D eigenvalue weighted by atomic mass is 10.1. The molecule has 0 saturated carbocycles. The van der Waals surface area contributed by atoms with Crippen LogP contribution in [0.15, 0.2) is 6.20 Å². The summed E-state index contributed by atoms with van der Waals surface area (Å²) < 4.78 is 6.98. The molecule has 0 fully saturated rings. The Morgan fingerprint density at radius 3 is 2.85 bits per heavy atom. The fraction of sp³-hybridized carbons (Fsp3) is 0.611. The average Bonchev–Trinajstić information content (AvgIpc) is 2.80. The van der Waals surface area contributed by atoms with Crippen LogP contribution in [0.1, 0.15) is 22.5 Å². The first-order valence-corrected chi connectivity index (χ1v) is 9.12. The molecule has 2 aromatic rings. The lowest BCUT2D eigenvalue weighted by Crippen LogP contribution is -2.23. The highest BCUT2D eigenvalue weighted by atomic mass is 16.5. The molecule has 2 N–H and O–H groups in total. The quantitative estimate of drug-likeness (QED) is 0.711. The Balaban J connectivity index is 1.89. The van der Waals surface area contributed by atoms with Crippen molar-refractivity contribution in [2.75, 3.05) is 50.6 Å². The summed E-state index contributed by atoms with van der Waals surface area (Å²) in [5, 5.41) is 11.2. The zero-order chi connectivity index (χ0) is 18.5. The number of methoxy groups -OCH3 is 1. The molecule has 26 heavy (non-hydrogen) atoms. The molecule has 3 rings (SSSR count).